The Bertz CT molecular complexity index is 1320. The van der Waals surface area contributed by atoms with Crippen LogP contribution < -0.4 is 29.7 Å². The van der Waals surface area contributed by atoms with Gasteiger partial charge in [0.15, 0.2) is 24.7 Å². The van der Waals surface area contributed by atoms with Gasteiger partial charge in [-0.1, -0.05) is 46.9 Å². The number of carbonyl (C=O) groups is 2. The quantitative estimate of drug-likeness (QED) is 0.164. The van der Waals surface area contributed by atoms with Crippen molar-refractivity contribution in [2.24, 2.45) is 5.10 Å². The minimum absolute atomic E-state index is 0.149. The Morgan fingerprint density at radius 3 is 2.37 bits per heavy atom. The van der Waals surface area contributed by atoms with Gasteiger partial charge in [0.1, 0.15) is 16.5 Å². The molecule has 0 spiro atoms. The van der Waals surface area contributed by atoms with Crippen LogP contribution in [0.5, 0.6) is 23.0 Å². The fraction of sp³-hybridized carbons (Fsp3) is 0.192. The summed E-state index contributed by atoms with van der Waals surface area (Å²) in [6.07, 6.45) is 1.42. The number of hydrogen-bond donors (Lipinski definition) is 2. The summed E-state index contributed by atoms with van der Waals surface area (Å²) in [4.78, 5) is 24.4. The van der Waals surface area contributed by atoms with E-state index in [0.29, 0.717) is 40.1 Å². The van der Waals surface area contributed by atoms with Crippen LogP contribution in [-0.2, 0) is 9.59 Å². The average molecular weight is 581 g/mol. The molecule has 38 heavy (non-hydrogen) atoms. The van der Waals surface area contributed by atoms with Gasteiger partial charge in [0.05, 0.1) is 30.6 Å². The standard InChI is InChI=1S/C26H24Cl3N3O6/c1-3-36-22-10-16(13-30-32-25(34)15-38-23-12-17(27)11-18(28)26(23)29)8-9-21(22)37-14-24(33)31-19-6-4-5-7-20(19)35-2/h4-13H,3,14-15H2,1-2H3,(H,31,33)(H,32,34)/b30-13-. The summed E-state index contributed by atoms with van der Waals surface area (Å²) in [7, 11) is 1.52. The van der Waals surface area contributed by atoms with Crippen LogP contribution in [0.3, 0.4) is 0 Å². The Morgan fingerprint density at radius 2 is 1.61 bits per heavy atom. The summed E-state index contributed by atoms with van der Waals surface area (Å²) >= 11 is 17.9. The van der Waals surface area contributed by atoms with Gasteiger partial charge in [0.2, 0.25) is 0 Å². The van der Waals surface area contributed by atoms with Crippen molar-refractivity contribution in [2.45, 2.75) is 6.92 Å². The predicted molar refractivity (Wildman–Crippen MR) is 147 cm³/mol. The number of benzene rings is 3. The Morgan fingerprint density at radius 1 is 0.868 bits per heavy atom. The number of hydrazone groups is 1. The van der Waals surface area contributed by atoms with Gasteiger partial charge in [0, 0.05) is 11.1 Å². The van der Waals surface area contributed by atoms with E-state index < -0.39 is 5.91 Å². The molecule has 0 aromatic heterocycles. The van der Waals surface area contributed by atoms with Crippen LogP contribution >= 0.6 is 34.8 Å². The molecule has 0 saturated carbocycles. The minimum atomic E-state index is -0.528. The molecule has 0 radical (unpaired) electrons. The highest BCUT2D eigenvalue weighted by Crippen LogP contribution is 2.35. The van der Waals surface area contributed by atoms with E-state index in [9.17, 15) is 9.59 Å². The van der Waals surface area contributed by atoms with Crippen LogP contribution in [0.2, 0.25) is 15.1 Å². The number of methoxy groups -OCH3 is 1. The van der Waals surface area contributed by atoms with Gasteiger partial charge in [-0.15, -0.1) is 0 Å². The topological polar surface area (TPSA) is 107 Å². The van der Waals surface area contributed by atoms with Crippen LogP contribution in [0.4, 0.5) is 5.69 Å². The third kappa shape index (κ3) is 8.44. The average Bonchev–Trinajstić information content (AvgIpc) is 2.90. The van der Waals surface area contributed by atoms with E-state index >= 15 is 0 Å². The molecule has 9 nitrogen and oxygen atoms in total. The van der Waals surface area contributed by atoms with E-state index in [-0.39, 0.29) is 34.9 Å². The lowest BCUT2D eigenvalue weighted by Gasteiger charge is -2.13. The number of amides is 2. The second-order valence-corrected chi connectivity index (χ2v) is 8.68. The van der Waals surface area contributed by atoms with Crippen molar-refractivity contribution in [3.8, 4) is 23.0 Å². The Kier molecular flexibility index (Phi) is 10.9. The Balaban J connectivity index is 1.55. The zero-order chi connectivity index (χ0) is 27.5. The number of para-hydroxylation sites is 2. The van der Waals surface area contributed by atoms with Gasteiger partial charge in [-0.05, 0) is 48.9 Å². The van der Waals surface area contributed by atoms with Gasteiger partial charge in [-0.3, -0.25) is 9.59 Å². The molecule has 3 aromatic rings. The fourth-order valence-electron chi connectivity index (χ4n) is 3.06. The van der Waals surface area contributed by atoms with Gasteiger partial charge in [0.25, 0.3) is 11.8 Å². The summed E-state index contributed by atoms with van der Waals surface area (Å²) in [5.74, 6) is 0.596. The monoisotopic (exact) mass is 579 g/mol. The third-order valence-electron chi connectivity index (χ3n) is 4.73. The van der Waals surface area contributed by atoms with Gasteiger partial charge in [-0.2, -0.15) is 5.10 Å². The molecule has 0 aliphatic carbocycles. The fourth-order valence-corrected chi connectivity index (χ4v) is 3.70. The van der Waals surface area contributed by atoms with Crippen LogP contribution in [-0.4, -0.2) is 45.0 Å². The zero-order valence-electron chi connectivity index (χ0n) is 20.4. The second kappa shape index (κ2) is 14.3. The first kappa shape index (κ1) is 28.9. The van der Waals surface area contributed by atoms with Gasteiger partial charge < -0.3 is 24.3 Å². The van der Waals surface area contributed by atoms with Gasteiger partial charge >= 0.3 is 0 Å². The maximum absolute atomic E-state index is 12.4. The number of hydrogen-bond acceptors (Lipinski definition) is 7. The zero-order valence-corrected chi connectivity index (χ0v) is 22.7. The van der Waals surface area contributed by atoms with Crippen molar-refractivity contribution < 1.29 is 28.5 Å². The van der Waals surface area contributed by atoms with Crippen LogP contribution in [0.1, 0.15) is 12.5 Å². The van der Waals surface area contributed by atoms with Crippen molar-refractivity contribution >= 4 is 58.5 Å². The highest BCUT2D eigenvalue weighted by molar-refractivity contribution is 6.44. The lowest BCUT2D eigenvalue weighted by Crippen LogP contribution is -2.24. The molecule has 0 saturated heterocycles. The molecule has 0 aliphatic rings. The Hall–Kier alpha value is -3.66. The number of nitrogens with zero attached hydrogens (tertiary/aromatic N) is 1. The highest BCUT2D eigenvalue weighted by Gasteiger charge is 2.12. The second-order valence-electron chi connectivity index (χ2n) is 7.46. The smallest absolute Gasteiger partial charge is 0.277 e. The molecule has 0 atom stereocenters. The number of carbonyl (C=O) groups excluding carboxylic acids is 2. The molecule has 2 N–H and O–H groups in total. The molecule has 0 aliphatic heterocycles. The molecule has 3 aromatic carbocycles. The first-order valence-corrected chi connectivity index (χ1v) is 12.4. The number of nitrogens with one attached hydrogen (secondary N) is 2. The van der Waals surface area contributed by atoms with Crippen molar-refractivity contribution in [3.63, 3.8) is 0 Å². The summed E-state index contributed by atoms with van der Waals surface area (Å²) in [6, 6.07) is 15.0. The van der Waals surface area contributed by atoms with E-state index in [2.05, 4.69) is 15.8 Å². The third-order valence-corrected chi connectivity index (χ3v) is 5.73. The molecular weight excluding hydrogens is 557 g/mol. The molecule has 0 unspecified atom stereocenters. The lowest BCUT2D eigenvalue weighted by molar-refractivity contribution is -0.123. The summed E-state index contributed by atoms with van der Waals surface area (Å²) in [5.41, 5.74) is 3.50. The molecule has 0 heterocycles. The van der Waals surface area contributed by atoms with Gasteiger partial charge in [-0.25, -0.2) is 5.43 Å². The number of halogens is 3. The van der Waals surface area contributed by atoms with E-state index in [1.54, 1.807) is 42.5 Å². The minimum Gasteiger partial charge on any atom is -0.495 e. The summed E-state index contributed by atoms with van der Waals surface area (Å²) in [5, 5.41) is 7.34. The largest absolute Gasteiger partial charge is 0.495 e. The van der Waals surface area contributed by atoms with Crippen molar-refractivity contribution in [1.82, 2.24) is 5.43 Å². The van der Waals surface area contributed by atoms with E-state index in [1.165, 1.54) is 25.5 Å². The molecule has 200 valence electrons. The molecule has 0 fully saturated rings. The molecule has 0 bridgehead atoms. The van der Waals surface area contributed by atoms with Crippen LogP contribution in [0, 0.1) is 0 Å². The van der Waals surface area contributed by atoms with Crippen LogP contribution in [0.25, 0.3) is 0 Å². The van der Waals surface area contributed by atoms with Crippen molar-refractivity contribution in [2.75, 3.05) is 32.2 Å². The maximum Gasteiger partial charge on any atom is 0.277 e. The number of anilines is 1. The number of rotatable bonds is 12. The number of ether oxygens (including phenoxy) is 4. The lowest BCUT2D eigenvalue weighted by atomic mass is 10.2. The Labute approximate surface area is 234 Å². The molecule has 2 amide bonds. The SMILES string of the molecule is CCOc1cc(/C=N\NC(=O)COc2cc(Cl)cc(Cl)c2Cl)ccc1OCC(=O)Nc1ccccc1OC. The highest BCUT2D eigenvalue weighted by atomic mass is 35.5. The summed E-state index contributed by atoms with van der Waals surface area (Å²) in [6.45, 7) is 1.58. The first-order valence-electron chi connectivity index (χ1n) is 11.2. The first-order chi connectivity index (χ1) is 18.3. The predicted octanol–water partition coefficient (Wildman–Crippen LogP) is 5.60. The van der Waals surface area contributed by atoms with Crippen molar-refractivity contribution in [1.29, 1.82) is 0 Å². The van der Waals surface area contributed by atoms with E-state index in [1.807, 2.05) is 6.92 Å². The van der Waals surface area contributed by atoms with Crippen molar-refractivity contribution in [3.05, 3.63) is 75.2 Å². The molecule has 12 heteroatoms. The van der Waals surface area contributed by atoms with E-state index in [4.69, 9.17) is 53.8 Å². The normalized spacial score (nSPS) is 10.7. The maximum atomic E-state index is 12.4. The van der Waals surface area contributed by atoms with E-state index in [0.717, 1.165) is 0 Å². The molecule has 3 rings (SSSR count). The molecular formula is C26H24Cl3N3O6. The van der Waals surface area contributed by atoms with Crippen LogP contribution in [0.15, 0.2) is 59.7 Å². The summed E-state index contributed by atoms with van der Waals surface area (Å²) < 4.78 is 21.9.